The zero-order valence-electron chi connectivity index (χ0n) is 17.5. The van der Waals surface area contributed by atoms with E-state index in [1.165, 1.54) is 11.8 Å². The van der Waals surface area contributed by atoms with Gasteiger partial charge in [-0.25, -0.2) is 4.98 Å². The molecule has 0 aliphatic rings. The molecule has 4 aromatic rings. The van der Waals surface area contributed by atoms with Gasteiger partial charge in [0, 0.05) is 19.4 Å². The van der Waals surface area contributed by atoms with Crippen LogP contribution >= 0.6 is 11.8 Å². The molecule has 2 aromatic heterocycles. The average Bonchev–Trinajstić information content (AvgIpc) is 3.37. The van der Waals surface area contributed by atoms with Gasteiger partial charge in [-0.1, -0.05) is 72.4 Å². The molecule has 8 heteroatoms. The first-order chi connectivity index (χ1) is 15.1. The van der Waals surface area contributed by atoms with E-state index in [1.54, 1.807) is 6.20 Å². The highest BCUT2D eigenvalue weighted by atomic mass is 32.2. The normalized spacial score (nSPS) is 11.9. The summed E-state index contributed by atoms with van der Waals surface area (Å²) in [6.45, 7) is 2.59. The fourth-order valence-electron chi connectivity index (χ4n) is 3.35. The summed E-state index contributed by atoms with van der Waals surface area (Å²) in [6.07, 6.45) is 3.61. The van der Waals surface area contributed by atoms with Crippen LogP contribution in [0.5, 0.6) is 0 Å². The minimum atomic E-state index is -0.321. The summed E-state index contributed by atoms with van der Waals surface area (Å²) in [4.78, 5) is 17.3. The Hall–Kier alpha value is -3.39. The van der Waals surface area contributed by atoms with Crippen molar-refractivity contribution in [1.82, 2.24) is 29.6 Å². The van der Waals surface area contributed by atoms with Gasteiger partial charge in [0.1, 0.15) is 17.7 Å². The van der Waals surface area contributed by atoms with Crippen molar-refractivity contribution in [3.63, 3.8) is 0 Å². The average molecular weight is 433 g/mol. The van der Waals surface area contributed by atoms with Crippen molar-refractivity contribution < 1.29 is 4.79 Å². The van der Waals surface area contributed by atoms with E-state index in [4.69, 9.17) is 0 Å². The number of hydrogen-bond donors (Lipinski definition) is 1. The zero-order chi connectivity index (χ0) is 21.6. The van der Waals surface area contributed by atoms with E-state index in [-0.39, 0.29) is 17.7 Å². The summed E-state index contributed by atoms with van der Waals surface area (Å²) in [5.41, 5.74) is 2.15. The number of hydrogen-bond acceptors (Lipinski definition) is 5. The molecular weight excluding hydrogens is 408 g/mol. The molecule has 1 unspecified atom stereocenters. The third-order valence-corrected chi connectivity index (χ3v) is 5.94. The van der Waals surface area contributed by atoms with Crippen LogP contribution in [0.25, 0.3) is 0 Å². The second-order valence-electron chi connectivity index (χ2n) is 7.20. The number of aryl methyl sites for hydroxylation is 2. The van der Waals surface area contributed by atoms with E-state index < -0.39 is 0 Å². The third-order valence-electron chi connectivity index (χ3n) is 4.97. The Kier molecular flexibility index (Phi) is 6.47. The summed E-state index contributed by atoms with van der Waals surface area (Å²) in [7, 11) is 1.92. The maximum Gasteiger partial charge on any atom is 0.231 e. The van der Waals surface area contributed by atoms with Crippen molar-refractivity contribution in [2.24, 2.45) is 7.05 Å². The number of nitrogens with zero attached hydrogens (tertiary/aromatic N) is 5. The first-order valence-corrected chi connectivity index (χ1v) is 11.0. The van der Waals surface area contributed by atoms with E-state index in [0.717, 1.165) is 27.9 Å². The smallest absolute Gasteiger partial charge is 0.231 e. The first-order valence-electron chi connectivity index (χ1n) is 10.00. The molecule has 0 saturated heterocycles. The zero-order valence-corrected chi connectivity index (χ0v) is 18.3. The second-order valence-corrected chi connectivity index (χ2v) is 8.14. The molecule has 4 rings (SSSR count). The number of carbonyl (C=O) groups is 1. The lowest BCUT2D eigenvalue weighted by molar-refractivity contribution is -0.119. The SMILES string of the molecule is Cc1nnc(SCC(=O)NC(c2ccccc2)c2nccn2C)n1Cc1ccccc1. The van der Waals surface area contributed by atoms with Gasteiger partial charge in [0.15, 0.2) is 5.16 Å². The molecule has 7 nitrogen and oxygen atoms in total. The fourth-order valence-corrected chi connectivity index (χ4v) is 4.14. The highest BCUT2D eigenvalue weighted by molar-refractivity contribution is 7.99. The van der Waals surface area contributed by atoms with Crippen LogP contribution in [0, 0.1) is 6.92 Å². The van der Waals surface area contributed by atoms with Gasteiger partial charge in [0.25, 0.3) is 0 Å². The highest BCUT2D eigenvalue weighted by Gasteiger charge is 2.21. The van der Waals surface area contributed by atoms with Crippen molar-refractivity contribution >= 4 is 17.7 Å². The number of rotatable bonds is 8. The van der Waals surface area contributed by atoms with Crippen molar-refractivity contribution in [1.29, 1.82) is 0 Å². The summed E-state index contributed by atoms with van der Waals surface area (Å²) in [6, 6.07) is 19.7. The monoisotopic (exact) mass is 432 g/mol. The predicted molar refractivity (Wildman–Crippen MR) is 121 cm³/mol. The number of aromatic nitrogens is 5. The lowest BCUT2D eigenvalue weighted by atomic mass is 10.1. The topological polar surface area (TPSA) is 77.6 Å². The summed E-state index contributed by atoms with van der Waals surface area (Å²) >= 11 is 1.38. The van der Waals surface area contributed by atoms with Crippen molar-refractivity contribution in [3.8, 4) is 0 Å². The molecule has 1 atom stereocenters. The summed E-state index contributed by atoms with van der Waals surface area (Å²) < 4.78 is 3.95. The number of carbonyl (C=O) groups excluding carboxylic acids is 1. The van der Waals surface area contributed by atoms with Crippen molar-refractivity contribution in [3.05, 3.63) is 95.8 Å². The van der Waals surface area contributed by atoms with Gasteiger partial charge < -0.3 is 14.5 Å². The van der Waals surface area contributed by atoms with Crippen LogP contribution in [0.3, 0.4) is 0 Å². The molecule has 158 valence electrons. The van der Waals surface area contributed by atoms with Gasteiger partial charge in [-0.15, -0.1) is 10.2 Å². The Labute approximate surface area is 185 Å². The summed E-state index contributed by atoms with van der Waals surface area (Å²) in [5.74, 6) is 1.75. The first kappa shape index (κ1) is 20.9. The molecule has 0 radical (unpaired) electrons. The van der Waals surface area contributed by atoms with Crippen LogP contribution < -0.4 is 5.32 Å². The molecule has 0 aliphatic heterocycles. The number of benzene rings is 2. The molecule has 0 bridgehead atoms. The van der Waals surface area contributed by atoms with E-state index in [2.05, 4.69) is 32.6 Å². The molecular formula is C23H24N6OS. The van der Waals surface area contributed by atoms with Crippen LogP contribution in [0.1, 0.15) is 28.8 Å². The van der Waals surface area contributed by atoms with Crippen LogP contribution in [-0.4, -0.2) is 36.0 Å². The molecule has 1 amide bonds. The van der Waals surface area contributed by atoms with E-state index in [0.29, 0.717) is 6.54 Å². The quantitative estimate of drug-likeness (QED) is 0.432. The Balaban J connectivity index is 1.46. The fraction of sp³-hybridized carbons (Fsp3) is 0.217. The van der Waals surface area contributed by atoms with Crippen molar-refractivity contribution in [2.75, 3.05) is 5.75 Å². The van der Waals surface area contributed by atoms with Crippen LogP contribution in [0.4, 0.5) is 0 Å². The number of nitrogens with one attached hydrogen (secondary N) is 1. The van der Waals surface area contributed by atoms with E-state index in [1.807, 2.05) is 77.8 Å². The van der Waals surface area contributed by atoms with Gasteiger partial charge in [-0.05, 0) is 18.1 Å². The highest BCUT2D eigenvalue weighted by Crippen LogP contribution is 2.22. The Morgan fingerprint density at radius 1 is 1.06 bits per heavy atom. The largest absolute Gasteiger partial charge is 0.341 e. The molecule has 0 spiro atoms. The van der Waals surface area contributed by atoms with Gasteiger partial charge >= 0.3 is 0 Å². The molecule has 2 heterocycles. The maximum atomic E-state index is 12.9. The minimum Gasteiger partial charge on any atom is -0.341 e. The lowest BCUT2D eigenvalue weighted by Gasteiger charge is -2.19. The van der Waals surface area contributed by atoms with Crippen LogP contribution in [0.2, 0.25) is 0 Å². The van der Waals surface area contributed by atoms with Gasteiger partial charge in [0.2, 0.25) is 5.91 Å². The van der Waals surface area contributed by atoms with Gasteiger partial charge in [-0.3, -0.25) is 4.79 Å². The van der Waals surface area contributed by atoms with E-state index >= 15 is 0 Å². The van der Waals surface area contributed by atoms with Crippen molar-refractivity contribution in [2.45, 2.75) is 24.7 Å². The van der Waals surface area contributed by atoms with Crippen LogP contribution in [0.15, 0.2) is 78.2 Å². The van der Waals surface area contributed by atoms with E-state index in [9.17, 15) is 4.79 Å². The Morgan fingerprint density at radius 3 is 2.45 bits per heavy atom. The molecule has 0 saturated carbocycles. The molecule has 2 aromatic carbocycles. The van der Waals surface area contributed by atoms with Gasteiger partial charge in [-0.2, -0.15) is 0 Å². The minimum absolute atomic E-state index is 0.0891. The molecule has 0 aliphatic carbocycles. The van der Waals surface area contributed by atoms with Crippen LogP contribution in [-0.2, 0) is 18.4 Å². The molecule has 1 N–H and O–H groups in total. The maximum absolute atomic E-state index is 12.9. The Morgan fingerprint density at radius 2 is 1.77 bits per heavy atom. The molecule has 0 fully saturated rings. The second kappa shape index (κ2) is 9.61. The number of thioether (sulfide) groups is 1. The third kappa shape index (κ3) is 5.03. The number of amides is 1. The summed E-state index contributed by atoms with van der Waals surface area (Å²) in [5, 5.41) is 12.3. The van der Waals surface area contributed by atoms with Gasteiger partial charge in [0.05, 0.1) is 12.3 Å². The predicted octanol–water partition coefficient (Wildman–Crippen LogP) is 3.37. The standard InChI is InChI=1S/C23H24N6OS/c1-17-26-27-23(29(17)15-18-9-5-3-6-10-18)31-16-20(30)25-21(19-11-7-4-8-12-19)22-24-13-14-28(22)2/h3-14,21H,15-16H2,1-2H3,(H,25,30). The molecule has 31 heavy (non-hydrogen) atoms. The Bertz CT molecular complexity index is 1140. The lowest BCUT2D eigenvalue weighted by Crippen LogP contribution is -2.32. The number of imidazole rings is 1.